The first-order chi connectivity index (χ1) is 8.96. The standard InChI is InChI=1S/C15H23F3O/c1-3-5-6-7-9-13-10-12(11-15(16,17)18)14(19-13)8-4-2/h10H,3-9,11H2,1-2H3. The van der Waals surface area contributed by atoms with E-state index >= 15 is 0 Å². The van der Waals surface area contributed by atoms with E-state index < -0.39 is 12.6 Å². The molecular formula is C15H23F3O. The molecule has 19 heavy (non-hydrogen) atoms. The van der Waals surface area contributed by atoms with Crippen molar-refractivity contribution in [2.75, 3.05) is 0 Å². The fourth-order valence-electron chi connectivity index (χ4n) is 2.18. The van der Waals surface area contributed by atoms with E-state index in [2.05, 4.69) is 6.92 Å². The Labute approximate surface area is 113 Å². The van der Waals surface area contributed by atoms with Gasteiger partial charge in [0, 0.05) is 18.4 Å². The van der Waals surface area contributed by atoms with Crippen molar-refractivity contribution >= 4 is 0 Å². The van der Waals surface area contributed by atoms with Gasteiger partial charge in [-0.3, -0.25) is 0 Å². The van der Waals surface area contributed by atoms with Crippen LogP contribution >= 0.6 is 0 Å². The number of alkyl halides is 3. The third-order valence-corrected chi connectivity index (χ3v) is 3.09. The number of hydrogen-bond acceptors (Lipinski definition) is 1. The Kier molecular flexibility index (Phi) is 6.46. The lowest BCUT2D eigenvalue weighted by atomic mass is 10.1. The average Bonchev–Trinajstić information content (AvgIpc) is 2.65. The maximum atomic E-state index is 12.5. The van der Waals surface area contributed by atoms with E-state index in [4.69, 9.17) is 4.42 Å². The summed E-state index contributed by atoms with van der Waals surface area (Å²) in [4.78, 5) is 0. The number of furan rings is 1. The molecule has 0 aromatic carbocycles. The largest absolute Gasteiger partial charge is 0.466 e. The summed E-state index contributed by atoms with van der Waals surface area (Å²) in [6.07, 6.45) is 1.50. The summed E-state index contributed by atoms with van der Waals surface area (Å²) < 4.78 is 43.0. The third kappa shape index (κ3) is 6.17. The number of hydrogen-bond donors (Lipinski definition) is 0. The van der Waals surface area contributed by atoms with Crippen molar-refractivity contribution in [1.29, 1.82) is 0 Å². The highest BCUT2D eigenvalue weighted by Gasteiger charge is 2.30. The van der Waals surface area contributed by atoms with Gasteiger partial charge in [-0.25, -0.2) is 0 Å². The maximum absolute atomic E-state index is 12.5. The fraction of sp³-hybridized carbons (Fsp3) is 0.733. The van der Waals surface area contributed by atoms with E-state index in [0.29, 0.717) is 23.5 Å². The Bertz CT molecular complexity index is 366. The molecule has 0 radical (unpaired) electrons. The van der Waals surface area contributed by atoms with E-state index in [1.165, 1.54) is 0 Å². The van der Waals surface area contributed by atoms with Crippen molar-refractivity contribution in [1.82, 2.24) is 0 Å². The molecule has 4 heteroatoms. The van der Waals surface area contributed by atoms with E-state index in [1.807, 2.05) is 6.92 Å². The lowest BCUT2D eigenvalue weighted by Crippen LogP contribution is -2.12. The van der Waals surface area contributed by atoms with Crippen molar-refractivity contribution < 1.29 is 17.6 Å². The molecule has 0 saturated heterocycles. The van der Waals surface area contributed by atoms with Gasteiger partial charge in [-0.1, -0.05) is 33.1 Å². The van der Waals surface area contributed by atoms with Gasteiger partial charge in [-0.2, -0.15) is 13.2 Å². The van der Waals surface area contributed by atoms with Crippen molar-refractivity contribution in [2.45, 2.75) is 71.4 Å². The van der Waals surface area contributed by atoms with Gasteiger partial charge >= 0.3 is 6.18 Å². The quantitative estimate of drug-likeness (QED) is 0.575. The molecule has 0 N–H and O–H groups in total. The van der Waals surface area contributed by atoms with Crippen LogP contribution in [0.3, 0.4) is 0 Å². The molecule has 0 atom stereocenters. The number of aryl methyl sites for hydroxylation is 2. The molecule has 1 rings (SSSR count). The first kappa shape index (κ1) is 16.1. The molecule has 1 aromatic heterocycles. The Hall–Kier alpha value is -0.930. The summed E-state index contributed by atoms with van der Waals surface area (Å²) in [6, 6.07) is 1.60. The predicted octanol–water partition coefficient (Wildman–Crippen LogP) is 5.46. The summed E-state index contributed by atoms with van der Waals surface area (Å²) in [7, 11) is 0. The highest BCUT2D eigenvalue weighted by atomic mass is 19.4. The zero-order chi connectivity index (χ0) is 14.3. The van der Waals surface area contributed by atoms with E-state index in [0.717, 1.165) is 38.5 Å². The maximum Gasteiger partial charge on any atom is 0.393 e. The number of halogens is 3. The molecule has 1 heterocycles. The van der Waals surface area contributed by atoms with Crippen LogP contribution in [0.4, 0.5) is 13.2 Å². The molecule has 110 valence electrons. The molecule has 1 nitrogen and oxygen atoms in total. The van der Waals surface area contributed by atoms with E-state index in [1.54, 1.807) is 6.07 Å². The molecule has 0 saturated carbocycles. The van der Waals surface area contributed by atoms with Gasteiger partial charge in [0.25, 0.3) is 0 Å². The van der Waals surface area contributed by atoms with Gasteiger partial charge in [-0.05, 0) is 18.9 Å². The van der Waals surface area contributed by atoms with Gasteiger partial charge in [0.2, 0.25) is 0 Å². The minimum atomic E-state index is -4.16. The number of unbranched alkanes of at least 4 members (excludes halogenated alkanes) is 3. The molecule has 0 spiro atoms. The monoisotopic (exact) mass is 276 g/mol. The lowest BCUT2D eigenvalue weighted by molar-refractivity contribution is -0.127. The fourth-order valence-corrected chi connectivity index (χ4v) is 2.18. The summed E-state index contributed by atoms with van der Waals surface area (Å²) in [6.45, 7) is 4.08. The van der Waals surface area contributed by atoms with Crippen molar-refractivity contribution in [3.63, 3.8) is 0 Å². The molecule has 0 bridgehead atoms. The topological polar surface area (TPSA) is 13.1 Å². The summed E-state index contributed by atoms with van der Waals surface area (Å²) in [5, 5.41) is 0. The molecule has 0 unspecified atom stereocenters. The molecular weight excluding hydrogens is 253 g/mol. The van der Waals surface area contributed by atoms with Crippen molar-refractivity contribution in [2.24, 2.45) is 0 Å². The van der Waals surface area contributed by atoms with Gasteiger partial charge in [0.05, 0.1) is 6.42 Å². The SMILES string of the molecule is CCCCCCc1cc(CC(F)(F)F)c(CCC)o1. The van der Waals surface area contributed by atoms with Gasteiger partial charge in [0.1, 0.15) is 11.5 Å². The average molecular weight is 276 g/mol. The molecule has 1 aromatic rings. The van der Waals surface area contributed by atoms with E-state index in [-0.39, 0.29) is 0 Å². The zero-order valence-electron chi connectivity index (χ0n) is 11.8. The van der Waals surface area contributed by atoms with Crippen LogP contribution in [-0.2, 0) is 19.3 Å². The summed E-state index contributed by atoms with van der Waals surface area (Å²) in [5.74, 6) is 1.23. The molecule has 0 aliphatic heterocycles. The van der Waals surface area contributed by atoms with E-state index in [9.17, 15) is 13.2 Å². The first-order valence-corrected chi connectivity index (χ1v) is 7.13. The second kappa shape index (κ2) is 7.61. The molecule has 0 amide bonds. The Balaban J connectivity index is 2.65. The predicted molar refractivity (Wildman–Crippen MR) is 70.3 cm³/mol. The number of rotatable bonds is 8. The molecule has 0 aliphatic carbocycles. The highest BCUT2D eigenvalue weighted by molar-refractivity contribution is 5.23. The van der Waals surface area contributed by atoms with Crippen LogP contribution in [0.2, 0.25) is 0 Å². The van der Waals surface area contributed by atoms with Crippen LogP contribution < -0.4 is 0 Å². The van der Waals surface area contributed by atoms with Gasteiger partial charge in [0.15, 0.2) is 0 Å². The van der Waals surface area contributed by atoms with Crippen LogP contribution in [0.5, 0.6) is 0 Å². The highest BCUT2D eigenvalue weighted by Crippen LogP contribution is 2.27. The van der Waals surface area contributed by atoms with Crippen LogP contribution in [-0.4, -0.2) is 6.18 Å². The smallest absolute Gasteiger partial charge is 0.393 e. The zero-order valence-corrected chi connectivity index (χ0v) is 11.8. The molecule has 0 aliphatic rings. The van der Waals surface area contributed by atoms with Crippen LogP contribution in [0.1, 0.15) is 63.0 Å². The normalized spacial score (nSPS) is 12.1. The second-order valence-corrected chi connectivity index (χ2v) is 5.01. The Morgan fingerprint density at radius 1 is 1.00 bits per heavy atom. The Morgan fingerprint density at radius 2 is 1.74 bits per heavy atom. The van der Waals surface area contributed by atoms with Crippen LogP contribution in [0.25, 0.3) is 0 Å². The lowest BCUT2D eigenvalue weighted by Gasteiger charge is -2.05. The summed E-state index contributed by atoms with van der Waals surface area (Å²) >= 11 is 0. The first-order valence-electron chi connectivity index (χ1n) is 7.13. The van der Waals surface area contributed by atoms with Gasteiger partial charge < -0.3 is 4.42 Å². The third-order valence-electron chi connectivity index (χ3n) is 3.09. The van der Waals surface area contributed by atoms with Crippen molar-refractivity contribution in [3.05, 3.63) is 23.2 Å². The van der Waals surface area contributed by atoms with Crippen LogP contribution in [0, 0.1) is 0 Å². The minimum absolute atomic E-state index is 0.319. The second-order valence-electron chi connectivity index (χ2n) is 5.01. The minimum Gasteiger partial charge on any atom is -0.466 e. The van der Waals surface area contributed by atoms with Gasteiger partial charge in [-0.15, -0.1) is 0 Å². The summed E-state index contributed by atoms with van der Waals surface area (Å²) in [5.41, 5.74) is 0.319. The van der Waals surface area contributed by atoms with Crippen molar-refractivity contribution in [3.8, 4) is 0 Å². The Morgan fingerprint density at radius 3 is 2.32 bits per heavy atom. The molecule has 0 fully saturated rings. The van der Waals surface area contributed by atoms with Crippen LogP contribution in [0.15, 0.2) is 10.5 Å².